The topological polar surface area (TPSA) is 55.1 Å². The molecule has 0 fully saturated rings. The molecule has 5 nitrogen and oxygen atoms in total. The van der Waals surface area contributed by atoms with E-state index in [0.29, 0.717) is 16.0 Å². The minimum atomic E-state index is -0.279. The van der Waals surface area contributed by atoms with Crippen LogP contribution >= 0.6 is 23.4 Å². The molecule has 4 aromatic rings. The van der Waals surface area contributed by atoms with E-state index in [1.54, 1.807) is 16.6 Å². The van der Waals surface area contributed by atoms with Gasteiger partial charge in [-0.05, 0) is 48.9 Å². The van der Waals surface area contributed by atoms with Crippen molar-refractivity contribution in [2.24, 2.45) is 0 Å². The fraction of sp³-hybridized carbons (Fsp3) is 0.105. The van der Waals surface area contributed by atoms with E-state index in [-0.39, 0.29) is 5.82 Å². The Labute approximate surface area is 164 Å². The van der Waals surface area contributed by atoms with Crippen LogP contribution in [0.25, 0.3) is 5.78 Å². The Morgan fingerprint density at radius 2 is 1.81 bits per heavy atom. The highest BCUT2D eigenvalue weighted by Crippen LogP contribution is 2.24. The summed E-state index contributed by atoms with van der Waals surface area (Å²) >= 11 is 7.44. The average molecular weight is 400 g/mol. The van der Waals surface area contributed by atoms with Crippen LogP contribution in [0.5, 0.6) is 0 Å². The first-order valence-corrected chi connectivity index (χ1v) is 9.57. The highest BCUT2D eigenvalue weighted by Gasteiger charge is 2.11. The van der Waals surface area contributed by atoms with Crippen molar-refractivity contribution in [3.8, 4) is 0 Å². The third kappa shape index (κ3) is 4.20. The molecule has 8 heteroatoms. The lowest BCUT2D eigenvalue weighted by atomic mass is 10.2. The van der Waals surface area contributed by atoms with E-state index >= 15 is 0 Å². The number of anilines is 2. The smallest absolute Gasteiger partial charge is 0.255 e. The van der Waals surface area contributed by atoms with E-state index in [1.165, 1.54) is 23.9 Å². The molecule has 2 aromatic carbocycles. The largest absolute Gasteiger partial charge is 0.340 e. The van der Waals surface area contributed by atoms with Crippen LogP contribution in [0, 0.1) is 12.7 Å². The van der Waals surface area contributed by atoms with Crippen molar-refractivity contribution in [3.63, 3.8) is 0 Å². The summed E-state index contributed by atoms with van der Waals surface area (Å²) in [5, 5.41) is 9.13. The fourth-order valence-corrected chi connectivity index (χ4v) is 3.43. The zero-order chi connectivity index (χ0) is 18.8. The number of hydrogen-bond acceptors (Lipinski definition) is 5. The van der Waals surface area contributed by atoms with Gasteiger partial charge in [0.1, 0.15) is 11.6 Å². The number of hydrogen-bond donors (Lipinski definition) is 1. The molecule has 1 N–H and O–H groups in total. The molecule has 2 heterocycles. The predicted octanol–water partition coefficient (Wildman–Crippen LogP) is 5.26. The molecule has 0 aliphatic carbocycles. The van der Waals surface area contributed by atoms with Gasteiger partial charge in [-0.1, -0.05) is 35.5 Å². The van der Waals surface area contributed by atoms with E-state index in [2.05, 4.69) is 20.4 Å². The molecule has 0 spiro atoms. The van der Waals surface area contributed by atoms with Gasteiger partial charge < -0.3 is 5.32 Å². The van der Waals surface area contributed by atoms with Gasteiger partial charge in [0.15, 0.2) is 0 Å². The van der Waals surface area contributed by atoms with Gasteiger partial charge in [0, 0.05) is 28.2 Å². The second kappa shape index (κ2) is 7.54. The standard InChI is InChI=1S/C19H15ClFN5S/c1-12-10-17(23-16-8-6-15(21)7-9-16)26-18(22-12)24-19(25-26)27-11-13-2-4-14(20)5-3-13/h2-10,23H,11H2,1H3. The fourth-order valence-electron chi connectivity index (χ4n) is 2.53. The molecule has 0 aliphatic rings. The van der Waals surface area contributed by atoms with Crippen LogP contribution in [0.1, 0.15) is 11.3 Å². The third-order valence-electron chi connectivity index (χ3n) is 3.82. The first-order valence-electron chi connectivity index (χ1n) is 8.21. The number of aromatic nitrogens is 4. The SMILES string of the molecule is Cc1cc(Nc2ccc(F)cc2)n2nc(SCc3ccc(Cl)cc3)nc2n1. The van der Waals surface area contributed by atoms with E-state index in [9.17, 15) is 4.39 Å². The van der Waals surface area contributed by atoms with E-state index in [1.807, 2.05) is 37.3 Å². The molecule has 2 aromatic heterocycles. The van der Waals surface area contributed by atoms with E-state index < -0.39 is 0 Å². The molecule has 0 saturated carbocycles. The minimum absolute atomic E-state index is 0.279. The summed E-state index contributed by atoms with van der Waals surface area (Å²) in [6, 6.07) is 15.7. The number of nitrogens with zero attached hydrogens (tertiary/aromatic N) is 4. The van der Waals surface area contributed by atoms with Gasteiger partial charge in [0.2, 0.25) is 5.16 Å². The highest BCUT2D eigenvalue weighted by atomic mass is 35.5. The first kappa shape index (κ1) is 17.8. The first-order chi connectivity index (χ1) is 13.1. The number of nitrogens with one attached hydrogen (secondary N) is 1. The molecule has 4 rings (SSSR count). The Hall–Kier alpha value is -2.64. The summed E-state index contributed by atoms with van der Waals surface area (Å²) in [5.74, 6) is 1.68. The molecule has 0 radical (unpaired) electrons. The number of fused-ring (bicyclic) bond motifs is 1. The molecule has 0 bridgehead atoms. The molecule has 27 heavy (non-hydrogen) atoms. The molecule has 136 valence electrons. The van der Waals surface area contributed by atoms with Crippen molar-refractivity contribution in [2.75, 3.05) is 5.32 Å². The quantitative estimate of drug-likeness (QED) is 0.464. The summed E-state index contributed by atoms with van der Waals surface area (Å²) < 4.78 is 14.8. The van der Waals surface area contributed by atoms with Crippen LogP contribution < -0.4 is 5.32 Å². The molecular formula is C19H15ClFN5S. The normalized spacial score (nSPS) is 11.1. The lowest BCUT2D eigenvalue weighted by Crippen LogP contribution is -2.02. The average Bonchev–Trinajstić information content (AvgIpc) is 3.06. The van der Waals surface area contributed by atoms with Crippen LogP contribution in [0.3, 0.4) is 0 Å². The number of thioether (sulfide) groups is 1. The van der Waals surface area contributed by atoms with Crippen LogP contribution in [0.2, 0.25) is 5.02 Å². The van der Waals surface area contributed by atoms with Crippen molar-refractivity contribution in [1.29, 1.82) is 0 Å². The van der Waals surface area contributed by atoms with Gasteiger partial charge in [0.05, 0.1) is 0 Å². The molecule has 0 aliphatic heterocycles. The van der Waals surface area contributed by atoms with Gasteiger partial charge in [-0.25, -0.2) is 9.37 Å². The Kier molecular flexibility index (Phi) is 4.96. The summed E-state index contributed by atoms with van der Waals surface area (Å²) in [5.41, 5.74) is 2.71. The maximum Gasteiger partial charge on any atom is 0.255 e. The van der Waals surface area contributed by atoms with Crippen molar-refractivity contribution in [1.82, 2.24) is 19.6 Å². The van der Waals surface area contributed by atoms with E-state index in [0.717, 1.165) is 28.5 Å². The maximum atomic E-state index is 13.1. The molecule has 0 unspecified atom stereocenters. The third-order valence-corrected chi connectivity index (χ3v) is 4.98. The molecular weight excluding hydrogens is 385 g/mol. The van der Waals surface area contributed by atoms with Crippen LogP contribution in [-0.2, 0) is 5.75 Å². The van der Waals surface area contributed by atoms with Crippen LogP contribution in [0.15, 0.2) is 59.8 Å². The Morgan fingerprint density at radius 3 is 2.56 bits per heavy atom. The Balaban J connectivity index is 1.59. The molecule has 0 amide bonds. The maximum absolute atomic E-state index is 13.1. The number of aryl methyl sites for hydroxylation is 1. The number of rotatable bonds is 5. The number of halogens is 2. The second-order valence-electron chi connectivity index (χ2n) is 5.94. The van der Waals surface area contributed by atoms with Crippen molar-refractivity contribution < 1.29 is 4.39 Å². The van der Waals surface area contributed by atoms with Crippen molar-refractivity contribution in [2.45, 2.75) is 17.8 Å². The van der Waals surface area contributed by atoms with Crippen molar-refractivity contribution >= 4 is 40.6 Å². The van der Waals surface area contributed by atoms with E-state index in [4.69, 9.17) is 11.6 Å². The number of benzene rings is 2. The predicted molar refractivity (Wildman–Crippen MR) is 106 cm³/mol. The lowest BCUT2D eigenvalue weighted by Gasteiger charge is -2.08. The highest BCUT2D eigenvalue weighted by molar-refractivity contribution is 7.98. The Bertz CT molecular complexity index is 1080. The zero-order valence-corrected chi connectivity index (χ0v) is 15.9. The zero-order valence-electron chi connectivity index (χ0n) is 14.4. The van der Waals surface area contributed by atoms with Gasteiger partial charge in [-0.3, -0.25) is 0 Å². The van der Waals surface area contributed by atoms with Gasteiger partial charge >= 0.3 is 0 Å². The summed E-state index contributed by atoms with van der Waals surface area (Å²) in [4.78, 5) is 8.94. The summed E-state index contributed by atoms with van der Waals surface area (Å²) in [6.07, 6.45) is 0. The lowest BCUT2D eigenvalue weighted by molar-refractivity contribution is 0.628. The Morgan fingerprint density at radius 1 is 1.07 bits per heavy atom. The second-order valence-corrected chi connectivity index (χ2v) is 7.31. The molecule has 0 atom stereocenters. The minimum Gasteiger partial charge on any atom is -0.340 e. The van der Waals surface area contributed by atoms with Gasteiger partial charge in [0.25, 0.3) is 5.78 Å². The summed E-state index contributed by atoms with van der Waals surface area (Å²) in [7, 11) is 0. The van der Waals surface area contributed by atoms with Gasteiger partial charge in [-0.2, -0.15) is 9.50 Å². The monoisotopic (exact) mass is 399 g/mol. The van der Waals surface area contributed by atoms with Crippen LogP contribution in [-0.4, -0.2) is 19.6 Å². The van der Waals surface area contributed by atoms with Gasteiger partial charge in [-0.15, -0.1) is 5.10 Å². The molecule has 0 saturated heterocycles. The van der Waals surface area contributed by atoms with Crippen LogP contribution in [0.4, 0.5) is 15.9 Å². The summed E-state index contributed by atoms with van der Waals surface area (Å²) in [6.45, 7) is 1.89. The van der Waals surface area contributed by atoms with Crippen molar-refractivity contribution in [3.05, 3.63) is 76.7 Å².